The zero-order chi connectivity index (χ0) is 15.3. The molecule has 0 radical (unpaired) electrons. The van der Waals surface area contributed by atoms with E-state index in [0.29, 0.717) is 31.1 Å². The first kappa shape index (κ1) is 15.6. The Kier molecular flexibility index (Phi) is 5.04. The Morgan fingerprint density at radius 1 is 1.48 bits per heavy atom. The summed E-state index contributed by atoms with van der Waals surface area (Å²) in [6.07, 6.45) is 3.54. The van der Waals surface area contributed by atoms with Crippen molar-refractivity contribution in [1.82, 2.24) is 24.6 Å². The van der Waals surface area contributed by atoms with Gasteiger partial charge in [0.2, 0.25) is 15.9 Å². The molecule has 0 unspecified atom stereocenters. The maximum absolute atomic E-state index is 12.0. The van der Waals surface area contributed by atoms with Gasteiger partial charge in [0.25, 0.3) is 0 Å². The van der Waals surface area contributed by atoms with Gasteiger partial charge in [-0.05, 0) is 13.3 Å². The van der Waals surface area contributed by atoms with Crippen LogP contribution in [0.25, 0.3) is 0 Å². The largest absolute Gasteiger partial charge is 0.396 e. The monoisotopic (exact) mass is 315 g/mol. The van der Waals surface area contributed by atoms with Gasteiger partial charge in [-0.1, -0.05) is 5.16 Å². The van der Waals surface area contributed by atoms with E-state index in [9.17, 15) is 8.42 Å². The van der Waals surface area contributed by atoms with Crippen molar-refractivity contribution in [3.63, 3.8) is 0 Å². The Bertz CT molecular complexity index is 678. The molecule has 0 fully saturated rings. The van der Waals surface area contributed by atoms with Crippen molar-refractivity contribution in [2.75, 3.05) is 13.2 Å². The standard InChI is InChI=1S/C11H17N5O4S/c1-9-14-11(20-15-9)3-4-13-21(18,19)10-7-12-16(8-10)5-2-6-17/h7-8,13,17H,2-6H2,1H3. The van der Waals surface area contributed by atoms with E-state index in [1.165, 1.54) is 17.1 Å². The van der Waals surface area contributed by atoms with Crippen LogP contribution in [0.15, 0.2) is 21.8 Å². The van der Waals surface area contributed by atoms with Gasteiger partial charge in [0.05, 0.1) is 6.20 Å². The van der Waals surface area contributed by atoms with Crippen LogP contribution in [-0.2, 0) is 23.0 Å². The molecule has 116 valence electrons. The summed E-state index contributed by atoms with van der Waals surface area (Å²) in [7, 11) is -3.61. The summed E-state index contributed by atoms with van der Waals surface area (Å²) in [6.45, 7) is 2.35. The van der Waals surface area contributed by atoms with Crippen LogP contribution in [0.4, 0.5) is 0 Å². The van der Waals surface area contributed by atoms with E-state index in [4.69, 9.17) is 9.63 Å². The predicted molar refractivity (Wildman–Crippen MR) is 71.9 cm³/mol. The number of aryl methyl sites for hydroxylation is 2. The molecule has 0 atom stereocenters. The Balaban J connectivity index is 1.90. The number of hydrogen-bond acceptors (Lipinski definition) is 7. The summed E-state index contributed by atoms with van der Waals surface area (Å²) in [4.78, 5) is 4.07. The number of rotatable bonds is 8. The van der Waals surface area contributed by atoms with Crippen molar-refractivity contribution in [2.45, 2.75) is 31.2 Å². The molecule has 21 heavy (non-hydrogen) atoms. The summed E-state index contributed by atoms with van der Waals surface area (Å²) in [5.41, 5.74) is 0. The first-order chi connectivity index (χ1) is 10.0. The number of nitrogens with zero attached hydrogens (tertiary/aromatic N) is 4. The van der Waals surface area contributed by atoms with Crippen LogP contribution < -0.4 is 4.72 Å². The first-order valence-corrected chi connectivity index (χ1v) is 7.92. The maximum atomic E-state index is 12.0. The van der Waals surface area contributed by atoms with E-state index in [1.807, 2.05) is 0 Å². The minimum absolute atomic E-state index is 0.0315. The van der Waals surface area contributed by atoms with Crippen molar-refractivity contribution >= 4 is 10.0 Å². The van der Waals surface area contributed by atoms with Gasteiger partial charge in [-0.15, -0.1) is 0 Å². The fourth-order valence-electron chi connectivity index (χ4n) is 1.66. The average molecular weight is 315 g/mol. The third-order valence-corrected chi connectivity index (χ3v) is 4.08. The van der Waals surface area contributed by atoms with Crippen molar-refractivity contribution < 1.29 is 18.0 Å². The quantitative estimate of drug-likeness (QED) is 0.671. The molecular weight excluding hydrogens is 298 g/mol. The Labute approximate surface area is 122 Å². The van der Waals surface area contributed by atoms with E-state index in [0.717, 1.165) is 0 Å². The molecule has 0 bridgehead atoms. The molecule has 2 rings (SSSR count). The number of aromatic nitrogens is 4. The molecule has 2 aromatic rings. The Hall–Kier alpha value is -1.78. The second kappa shape index (κ2) is 6.78. The molecular formula is C11H17N5O4S. The second-order valence-electron chi connectivity index (χ2n) is 4.40. The molecule has 9 nitrogen and oxygen atoms in total. The topological polar surface area (TPSA) is 123 Å². The molecule has 0 saturated heterocycles. The zero-order valence-electron chi connectivity index (χ0n) is 11.6. The smallest absolute Gasteiger partial charge is 0.243 e. The lowest BCUT2D eigenvalue weighted by molar-refractivity contribution is 0.277. The summed E-state index contributed by atoms with van der Waals surface area (Å²) in [5.74, 6) is 0.895. The minimum Gasteiger partial charge on any atom is -0.396 e. The maximum Gasteiger partial charge on any atom is 0.243 e. The van der Waals surface area contributed by atoms with Gasteiger partial charge in [-0.3, -0.25) is 4.68 Å². The summed E-state index contributed by atoms with van der Waals surface area (Å²) < 4.78 is 32.9. The molecule has 0 saturated carbocycles. The van der Waals surface area contributed by atoms with Crippen LogP contribution >= 0.6 is 0 Å². The van der Waals surface area contributed by atoms with E-state index < -0.39 is 10.0 Å². The lowest BCUT2D eigenvalue weighted by Crippen LogP contribution is -2.25. The van der Waals surface area contributed by atoms with E-state index in [1.54, 1.807) is 6.92 Å². The number of sulfonamides is 1. The van der Waals surface area contributed by atoms with Crippen LogP contribution in [0, 0.1) is 6.92 Å². The van der Waals surface area contributed by atoms with Gasteiger partial charge in [0, 0.05) is 32.3 Å². The molecule has 10 heteroatoms. The number of nitrogens with one attached hydrogen (secondary N) is 1. The SMILES string of the molecule is Cc1noc(CCNS(=O)(=O)c2cnn(CCCO)c2)n1. The lowest BCUT2D eigenvalue weighted by Gasteiger charge is -2.02. The zero-order valence-corrected chi connectivity index (χ0v) is 12.4. The third kappa shape index (κ3) is 4.34. The van der Waals surface area contributed by atoms with Gasteiger partial charge in [0.15, 0.2) is 5.82 Å². The van der Waals surface area contributed by atoms with Crippen molar-refractivity contribution in [3.05, 3.63) is 24.1 Å². The Morgan fingerprint density at radius 2 is 2.29 bits per heavy atom. The fraction of sp³-hybridized carbons (Fsp3) is 0.545. The highest BCUT2D eigenvalue weighted by molar-refractivity contribution is 7.89. The van der Waals surface area contributed by atoms with Gasteiger partial charge >= 0.3 is 0 Å². The third-order valence-electron chi connectivity index (χ3n) is 2.67. The summed E-state index contributed by atoms with van der Waals surface area (Å²) >= 11 is 0. The van der Waals surface area contributed by atoms with E-state index in [2.05, 4.69) is 20.0 Å². The van der Waals surface area contributed by atoms with Crippen LogP contribution in [0.5, 0.6) is 0 Å². The van der Waals surface area contributed by atoms with Crippen LogP contribution in [0.2, 0.25) is 0 Å². The van der Waals surface area contributed by atoms with Crippen LogP contribution in [-0.4, -0.2) is 46.6 Å². The molecule has 0 spiro atoms. The van der Waals surface area contributed by atoms with Gasteiger partial charge in [-0.2, -0.15) is 10.1 Å². The highest BCUT2D eigenvalue weighted by atomic mass is 32.2. The second-order valence-corrected chi connectivity index (χ2v) is 6.17. The number of aliphatic hydroxyl groups is 1. The Morgan fingerprint density at radius 3 is 2.95 bits per heavy atom. The van der Waals surface area contributed by atoms with Crippen LogP contribution in [0.1, 0.15) is 18.1 Å². The number of hydrogen-bond donors (Lipinski definition) is 2. The summed E-state index contributed by atoms with van der Waals surface area (Å²) in [6, 6.07) is 0. The summed E-state index contributed by atoms with van der Waals surface area (Å²) in [5, 5.41) is 16.3. The van der Waals surface area contributed by atoms with E-state index >= 15 is 0 Å². The lowest BCUT2D eigenvalue weighted by atomic mass is 10.4. The normalized spacial score (nSPS) is 11.9. The molecule has 2 aromatic heterocycles. The molecule has 0 aliphatic carbocycles. The highest BCUT2D eigenvalue weighted by Gasteiger charge is 2.16. The first-order valence-electron chi connectivity index (χ1n) is 6.43. The highest BCUT2D eigenvalue weighted by Crippen LogP contribution is 2.07. The average Bonchev–Trinajstić information content (AvgIpc) is 3.06. The molecule has 2 heterocycles. The minimum atomic E-state index is -3.61. The van der Waals surface area contributed by atoms with E-state index in [-0.39, 0.29) is 18.0 Å². The van der Waals surface area contributed by atoms with Crippen LogP contribution in [0.3, 0.4) is 0 Å². The van der Waals surface area contributed by atoms with Gasteiger partial charge in [0.1, 0.15) is 4.90 Å². The molecule has 0 aliphatic heterocycles. The van der Waals surface area contributed by atoms with Gasteiger partial charge in [-0.25, -0.2) is 13.1 Å². The molecule has 0 amide bonds. The van der Waals surface area contributed by atoms with Gasteiger partial charge < -0.3 is 9.63 Å². The fourth-order valence-corrected chi connectivity index (χ4v) is 2.64. The number of aliphatic hydroxyl groups excluding tert-OH is 1. The molecule has 2 N–H and O–H groups in total. The van der Waals surface area contributed by atoms with Crippen molar-refractivity contribution in [3.8, 4) is 0 Å². The van der Waals surface area contributed by atoms with Crippen molar-refractivity contribution in [1.29, 1.82) is 0 Å². The predicted octanol–water partition coefficient (Wildman–Crippen LogP) is -0.522. The molecule has 0 aromatic carbocycles. The van der Waals surface area contributed by atoms with Crippen molar-refractivity contribution in [2.24, 2.45) is 0 Å². The molecule has 0 aliphatic rings.